The minimum atomic E-state index is -1.90. The molecule has 0 aromatic rings. The number of hydroxylamine groups is 2. The van der Waals surface area contributed by atoms with Crippen LogP contribution in [0, 0.1) is 11.8 Å². The summed E-state index contributed by atoms with van der Waals surface area (Å²) in [6.45, 7) is 0. The van der Waals surface area contributed by atoms with Crippen molar-refractivity contribution >= 4 is 81.4 Å². The monoisotopic (exact) mass is 397 g/mol. The number of nitrogens with zero attached hydrogens (tertiary/aromatic N) is 1. The highest BCUT2D eigenvalue weighted by molar-refractivity contribution is 6.66. The van der Waals surface area contributed by atoms with E-state index < -0.39 is 37.7 Å². The van der Waals surface area contributed by atoms with E-state index in [9.17, 15) is 9.59 Å². The third kappa shape index (κ3) is 1.22. The summed E-state index contributed by atoms with van der Waals surface area (Å²) in [6, 6.07) is 0. The summed E-state index contributed by atoms with van der Waals surface area (Å²) in [5.74, 6) is -3.68. The lowest BCUT2D eigenvalue weighted by Crippen LogP contribution is -2.49. The van der Waals surface area contributed by atoms with Gasteiger partial charge in [-0.05, 0) is 0 Å². The summed E-state index contributed by atoms with van der Waals surface area (Å²) in [7, 11) is 1.17. The van der Waals surface area contributed by atoms with Crippen LogP contribution in [0.3, 0.4) is 0 Å². The van der Waals surface area contributed by atoms with Crippen molar-refractivity contribution in [1.29, 1.82) is 0 Å². The number of hydrogen-bond donors (Lipinski definition) is 0. The number of fused-ring (bicyclic) bond motifs is 5. The van der Waals surface area contributed by atoms with Crippen molar-refractivity contribution < 1.29 is 14.4 Å². The van der Waals surface area contributed by atoms with Gasteiger partial charge in [0.05, 0.1) is 29.0 Å². The largest absolute Gasteiger partial charge is 0.272 e. The Labute approximate surface area is 143 Å². The molecule has 2 aliphatic carbocycles. The number of alkyl halides is 4. The van der Waals surface area contributed by atoms with Crippen LogP contribution in [0.1, 0.15) is 0 Å². The van der Waals surface area contributed by atoms with Gasteiger partial charge in [-0.1, -0.05) is 46.4 Å². The van der Waals surface area contributed by atoms with Crippen molar-refractivity contribution in [3.05, 3.63) is 10.1 Å². The highest BCUT2D eigenvalue weighted by Crippen LogP contribution is 2.77. The van der Waals surface area contributed by atoms with E-state index in [-0.39, 0.29) is 10.1 Å². The van der Waals surface area contributed by atoms with Gasteiger partial charge in [0.25, 0.3) is 11.8 Å². The maximum absolute atomic E-state index is 12.3. The molecule has 10 heteroatoms. The second-order valence-electron chi connectivity index (χ2n) is 4.73. The molecule has 0 radical (unpaired) electrons. The van der Waals surface area contributed by atoms with Crippen molar-refractivity contribution in [2.45, 2.75) is 14.1 Å². The Morgan fingerprint density at radius 3 is 1.60 bits per heavy atom. The average molecular weight is 400 g/mol. The molecule has 0 N–H and O–H groups in total. The highest BCUT2D eigenvalue weighted by atomic mass is 35.5. The van der Waals surface area contributed by atoms with E-state index in [4.69, 9.17) is 74.4 Å². The number of imide groups is 1. The molecule has 1 saturated heterocycles. The first-order chi connectivity index (χ1) is 9.08. The van der Waals surface area contributed by atoms with E-state index in [0.29, 0.717) is 5.06 Å². The second kappa shape index (κ2) is 4.10. The molecule has 4 nitrogen and oxygen atoms in total. The summed E-state index contributed by atoms with van der Waals surface area (Å²) in [5.41, 5.74) is 0. The van der Waals surface area contributed by atoms with Crippen molar-refractivity contribution in [3.8, 4) is 0 Å². The lowest BCUT2D eigenvalue weighted by molar-refractivity contribution is -0.182. The van der Waals surface area contributed by atoms with Gasteiger partial charge in [0.1, 0.15) is 9.75 Å². The number of hydrogen-bond acceptors (Lipinski definition) is 3. The smallest absolute Gasteiger partial charge is 0.259 e. The Hall–Kier alpha value is 0.580. The topological polar surface area (TPSA) is 46.6 Å². The molecule has 1 heterocycles. The number of carbonyl (C=O) groups is 2. The Morgan fingerprint density at radius 1 is 0.950 bits per heavy atom. The van der Waals surface area contributed by atoms with Crippen LogP contribution in [0.15, 0.2) is 10.1 Å². The predicted molar refractivity (Wildman–Crippen MR) is 76.2 cm³/mol. The molecular weight excluding hydrogens is 395 g/mol. The van der Waals surface area contributed by atoms with Gasteiger partial charge < -0.3 is 0 Å². The molecule has 20 heavy (non-hydrogen) atoms. The zero-order valence-corrected chi connectivity index (χ0v) is 14.1. The van der Waals surface area contributed by atoms with Gasteiger partial charge in [-0.3, -0.25) is 14.4 Å². The lowest BCUT2D eigenvalue weighted by Gasteiger charge is -2.34. The van der Waals surface area contributed by atoms with Gasteiger partial charge in [-0.15, -0.1) is 23.2 Å². The Balaban J connectivity index is 2.31. The standard InChI is InChI=1S/C10H5Cl6NO3/c1-20-17-6(18)2-3(7(17)19)9(14)5(12)4(11)8(2,13)10(9,15)16/h2-3H,1H3/t2-,3-,8+,9+/m1/s1. The van der Waals surface area contributed by atoms with E-state index in [0.717, 1.165) is 0 Å². The van der Waals surface area contributed by atoms with Crippen LogP contribution in [-0.4, -0.2) is 38.1 Å². The second-order valence-corrected chi connectivity index (χ2v) is 8.01. The third-order valence-electron chi connectivity index (χ3n) is 4.05. The number of carbonyl (C=O) groups excluding carboxylic acids is 2. The fourth-order valence-corrected chi connectivity index (χ4v) is 6.08. The van der Waals surface area contributed by atoms with Gasteiger partial charge in [0.2, 0.25) is 0 Å². The molecule has 4 atom stereocenters. The Kier molecular flexibility index (Phi) is 3.18. The van der Waals surface area contributed by atoms with Crippen molar-refractivity contribution in [3.63, 3.8) is 0 Å². The predicted octanol–water partition coefficient (Wildman–Crippen LogP) is 2.99. The van der Waals surface area contributed by atoms with E-state index in [1.54, 1.807) is 0 Å². The lowest BCUT2D eigenvalue weighted by atomic mass is 9.84. The molecule has 3 aliphatic rings. The van der Waals surface area contributed by atoms with Crippen molar-refractivity contribution in [2.75, 3.05) is 7.11 Å². The number of rotatable bonds is 1. The first-order valence-electron chi connectivity index (χ1n) is 5.32. The fourth-order valence-electron chi connectivity index (χ4n) is 3.15. The highest BCUT2D eigenvalue weighted by Gasteiger charge is 2.87. The van der Waals surface area contributed by atoms with Gasteiger partial charge in [0, 0.05) is 0 Å². The van der Waals surface area contributed by atoms with Crippen molar-refractivity contribution in [2.24, 2.45) is 11.8 Å². The van der Waals surface area contributed by atoms with Crippen LogP contribution in [0.5, 0.6) is 0 Å². The minimum absolute atomic E-state index is 0.124. The van der Waals surface area contributed by atoms with Crippen LogP contribution in [0.2, 0.25) is 0 Å². The molecule has 0 unspecified atom stereocenters. The maximum atomic E-state index is 12.3. The number of halogens is 6. The van der Waals surface area contributed by atoms with Gasteiger partial charge in [-0.25, -0.2) is 0 Å². The molecule has 110 valence electrons. The Morgan fingerprint density at radius 2 is 1.30 bits per heavy atom. The summed E-state index contributed by atoms with van der Waals surface area (Å²) in [5, 5.41) is 0.328. The Bertz CT molecular complexity index is 546. The minimum Gasteiger partial charge on any atom is -0.272 e. The van der Waals surface area contributed by atoms with Gasteiger partial charge in [-0.2, -0.15) is 5.06 Å². The normalized spacial score (nSPS) is 45.6. The first kappa shape index (κ1) is 15.5. The summed E-state index contributed by atoms with van der Waals surface area (Å²) < 4.78 is -1.90. The molecule has 0 aromatic heterocycles. The van der Waals surface area contributed by atoms with Gasteiger partial charge >= 0.3 is 0 Å². The zero-order valence-electron chi connectivity index (χ0n) is 9.59. The first-order valence-corrected chi connectivity index (χ1v) is 7.59. The van der Waals surface area contributed by atoms with Crippen molar-refractivity contribution in [1.82, 2.24) is 5.06 Å². The SMILES string of the molecule is CON1C(=O)[C@H]2[C@H](C1=O)[C@]1(Cl)C(Cl)=C(Cl)[C@]2(Cl)C1(Cl)Cl. The van der Waals surface area contributed by atoms with Crippen LogP contribution in [0.25, 0.3) is 0 Å². The van der Waals surface area contributed by atoms with Crippen LogP contribution < -0.4 is 0 Å². The fraction of sp³-hybridized carbons (Fsp3) is 0.600. The van der Waals surface area contributed by atoms with Crippen LogP contribution in [-0.2, 0) is 14.4 Å². The van der Waals surface area contributed by atoms with E-state index in [1.165, 1.54) is 7.11 Å². The molecule has 2 amide bonds. The average Bonchev–Trinajstić information content (AvgIpc) is 2.75. The van der Waals surface area contributed by atoms with Gasteiger partial charge in [0.15, 0.2) is 4.33 Å². The third-order valence-corrected chi connectivity index (χ3v) is 8.31. The van der Waals surface area contributed by atoms with E-state index >= 15 is 0 Å². The van der Waals surface area contributed by atoms with Crippen LogP contribution >= 0.6 is 69.6 Å². The zero-order chi connectivity index (χ0) is 15.2. The van der Waals surface area contributed by atoms with Crippen LogP contribution in [0.4, 0.5) is 0 Å². The molecule has 3 rings (SSSR count). The molecular formula is C10H5Cl6NO3. The quantitative estimate of drug-likeness (QED) is 0.503. The molecule has 0 spiro atoms. The molecule has 1 aliphatic heterocycles. The summed E-state index contributed by atoms with van der Waals surface area (Å²) in [4.78, 5) is 25.8. The van der Waals surface area contributed by atoms with E-state index in [2.05, 4.69) is 0 Å². The number of amides is 2. The summed E-state index contributed by atoms with van der Waals surface area (Å²) >= 11 is 37.5. The molecule has 0 aromatic carbocycles. The van der Waals surface area contributed by atoms with E-state index in [1.807, 2.05) is 0 Å². The molecule has 2 fully saturated rings. The number of allylic oxidation sites excluding steroid dienone is 2. The maximum Gasteiger partial charge on any atom is 0.259 e. The summed E-state index contributed by atoms with van der Waals surface area (Å²) in [6.07, 6.45) is 0. The molecule has 1 saturated carbocycles. The molecule has 2 bridgehead atoms.